The van der Waals surface area contributed by atoms with Gasteiger partial charge in [-0.05, 0) is 18.7 Å². The molecule has 0 atom stereocenters. The standard InChI is InChI=1S/C14H16F4N2/c1-2-20(10-14(16,17)18)9-12-6-5-11(4-3-7-19)8-13(12)15/h5-6,8H,2,7,9-10,19H2,1H3. The number of rotatable bonds is 4. The third kappa shape index (κ3) is 5.59. The molecule has 0 amide bonds. The van der Waals surface area contributed by atoms with Gasteiger partial charge in [0.1, 0.15) is 5.82 Å². The minimum absolute atomic E-state index is 0.0908. The Hall–Kier alpha value is -1.58. The Kier molecular flexibility index (Phi) is 5.99. The van der Waals surface area contributed by atoms with Crippen molar-refractivity contribution in [3.05, 3.63) is 35.1 Å². The van der Waals surface area contributed by atoms with Crippen molar-refractivity contribution in [2.45, 2.75) is 19.6 Å². The third-order valence-electron chi connectivity index (χ3n) is 2.63. The number of alkyl halides is 3. The molecule has 0 saturated carbocycles. The molecule has 0 heterocycles. The normalized spacial score (nSPS) is 11.3. The van der Waals surface area contributed by atoms with E-state index in [0.717, 1.165) is 4.90 Å². The van der Waals surface area contributed by atoms with Crippen LogP contribution in [0.25, 0.3) is 0 Å². The smallest absolute Gasteiger partial charge is 0.320 e. The molecule has 0 aliphatic carbocycles. The average Bonchev–Trinajstić information content (AvgIpc) is 2.36. The summed E-state index contributed by atoms with van der Waals surface area (Å²) in [4.78, 5) is 1.13. The number of nitrogens with zero attached hydrogens (tertiary/aromatic N) is 1. The van der Waals surface area contributed by atoms with Crippen LogP contribution in [0.3, 0.4) is 0 Å². The summed E-state index contributed by atoms with van der Waals surface area (Å²) in [6.45, 7) is 0.807. The predicted molar refractivity (Wildman–Crippen MR) is 69.3 cm³/mol. The second kappa shape index (κ2) is 7.27. The number of benzene rings is 1. The Morgan fingerprint density at radius 1 is 1.30 bits per heavy atom. The predicted octanol–water partition coefficient (Wildman–Crippen LogP) is 2.52. The molecule has 6 heteroatoms. The first-order valence-corrected chi connectivity index (χ1v) is 6.12. The molecule has 0 spiro atoms. The largest absolute Gasteiger partial charge is 0.401 e. The van der Waals surface area contributed by atoms with E-state index in [2.05, 4.69) is 11.8 Å². The Bertz CT molecular complexity index is 500. The van der Waals surface area contributed by atoms with E-state index >= 15 is 0 Å². The molecule has 2 nitrogen and oxygen atoms in total. The van der Waals surface area contributed by atoms with Gasteiger partial charge in [-0.25, -0.2) is 4.39 Å². The average molecular weight is 288 g/mol. The summed E-state index contributed by atoms with van der Waals surface area (Å²) in [5.74, 6) is 4.69. The van der Waals surface area contributed by atoms with Crippen LogP contribution in [-0.2, 0) is 6.54 Å². The number of hydrogen-bond acceptors (Lipinski definition) is 2. The van der Waals surface area contributed by atoms with Crippen molar-refractivity contribution >= 4 is 0 Å². The lowest BCUT2D eigenvalue weighted by Gasteiger charge is -2.22. The van der Waals surface area contributed by atoms with Gasteiger partial charge in [0.15, 0.2) is 0 Å². The molecule has 0 aliphatic rings. The quantitative estimate of drug-likeness (QED) is 0.681. The summed E-state index contributed by atoms with van der Waals surface area (Å²) in [6, 6.07) is 4.23. The van der Waals surface area contributed by atoms with Crippen molar-refractivity contribution in [2.24, 2.45) is 5.73 Å². The molecule has 0 aliphatic heterocycles. The SMILES string of the molecule is CCN(Cc1ccc(C#CCN)cc1F)CC(F)(F)F. The minimum atomic E-state index is -4.29. The minimum Gasteiger partial charge on any atom is -0.320 e. The zero-order chi connectivity index (χ0) is 15.2. The van der Waals surface area contributed by atoms with Gasteiger partial charge in [0, 0.05) is 17.7 Å². The highest BCUT2D eigenvalue weighted by molar-refractivity contribution is 5.37. The molecule has 2 N–H and O–H groups in total. The molecule has 0 fully saturated rings. The first kappa shape index (κ1) is 16.5. The molecular weight excluding hydrogens is 272 g/mol. The van der Waals surface area contributed by atoms with Gasteiger partial charge in [-0.3, -0.25) is 4.90 Å². The number of hydrogen-bond donors (Lipinski definition) is 1. The van der Waals surface area contributed by atoms with Crippen LogP contribution in [0, 0.1) is 17.7 Å². The van der Waals surface area contributed by atoms with E-state index in [4.69, 9.17) is 5.73 Å². The van der Waals surface area contributed by atoms with E-state index in [-0.39, 0.29) is 25.2 Å². The Labute approximate surface area is 115 Å². The fraction of sp³-hybridized carbons (Fsp3) is 0.429. The van der Waals surface area contributed by atoms with Crippen molar-refractivity contribution in [1.82, 2.24) is 4.90 Å². The van der Waals surface area contributed by atoms with Gasteiger partial charge in [0.05, 0.1) is 13.1 Å². The molecule has 20 heavy (non-hydrogen) atoms. The molecule has 0 bridgehead atoms. The van der Waals surface area contributed by atoms with Gasteiger partial charge in [0.2, 0.25) is 0 Å². The Morgan fingerprint density at radius 3 is 2.50 bits per heavy atom. The van der Waals surface area contributed by atoms with E-state index < -0.39 is 18.5 Å². The second-order valence-corrected chi connectivity index (χ2v) is 4.23. The summed E-state index contributed by atoms with van der Waals surface area (Å²) in [7, 11) is 0. The van der Waals surface area contributed by atoms with Crippen LogP contribution in [-0.4, -0.2) is 30.7 Å². The number of halogens is 4. The van der Waals surface area contributed by atoms with Crippen molar-refractivity contribution in [3.8, 4) is 11.8 Å². The lowest BCUT2D eigenvalue weighted by Crippen LogP contribution is -2.33. The van der Waals surface area contributed by atoms with Crippen molar-refractivity contribution in [2.75, 3.05) is 19.6 Å². The lowest BCUT2D eigenvalue weighted by atomic mass is 10.1. The highest BCUT2D eigenvalue weighted by atomic mass is 19.4. The van der Waals surface area contributed by atoms with Crippen LogP contribution in [0.15, 0.2) is 18.2 Å². The monoisotopic (exact) mass is 288 g/mol. The number of nitrogens with two attached hydrogens (primary N) is 1. The molecule has 1 aromatic rings. The molecule has 0 radical (unpaired) electrons. The lowest BCUT2D eigenvalue weighted by molar-refractivity contribution is -0.146. The molecule has 1 rings (SSSR count). The van der Waals surface area contributed by atoms with Crippen LogP contribution in [0.4, 0.5) is 17.6 Å². The van der Waals surface area contributed by atoms with E-state index in [1.807, 2.05) is 0 Å². The van der Waals surface area contributed by atoms with Crippen LogP contribution in [0.2, 0.25) is 0 Å². The van der Waals surface area contributed by atoms with E-state index in [1.54, 1.807) is 13.0 Å². The van der Waals surface area contributed by atoms with Crippen LogP contribution < -0.4 is 5.73 Å². The zero-order valence-electron chi connectivity index (χ0n) is 11.1. The van der Waals surface area contributed by atoms with Gasteiger partial charge in [-0.2, -0.15) is 13.2 Å². The maximum absolute atomic E-state index is 13.8. The van der Waals surface area contributed by atoms with Crippen LogP contribution >= 0.6 is 0 Å². The summed E-state index contributed by atoms with van der Waals surface area (Å²) in [6.07, 6.45) is -4.29. The van der Waals surface area contributed by atoms with Crippen LogP contribution in [0.5, 0.6) is 0 Å². The Balaban J connectivity index is 2.81. The molecule has 0 aromatic heterocycles. The molecule has 0 saturated heterocycles. The first-order valence-electron chi connectivity index (χ1n) is 6.12. The first-order chi connectivity index (χ1) is 9.35. The zero-order valence-corrected chi connectivity index (χ0v) is 11.1. The molecule has 1 aromatic carbocycles. The van der Waals surface area contributed by atoms with Crippen molar-refractivity contribution in [3.63, 3.8) is 0 Å². The third-order valence-corrected chi connectivity index (χ3v) is 2.63. The fourth-order valence-electron chi connectivity index (χ4n) is 1.68. The van der Waals surface area contributed by atoms with E-state index in [1.165, 1.54) is 12.1 Å². The van der Waals surface area contributed by atoms with Gasteiger partial charge in [0.25, 0.3) is 0 Å². The van der Waals surface area contributed by atoms with Crippen molar-refractivity contribution < 1.29 is 17.6 Å². The second-order valence-electron chi connectivity index (χ2n) is 4.23. The van der Waals surface area contributed by atoms with E-state index in [9.17, 15) is 17.6 Å². The van der Waals surface area contributed by atoms with Gasteiger partial charge < -0.3 is 5.73 Å². The van der Waals surface area contributed by atoms with Crippen molar-refractivity contribution in [1.29, 1.82) is 0 Å². The summed E-state index contributed by atoms with van der Waals surface area (Å²) in [5.41, 5.74) is 5.88. The van der Waals surface area contributed by atoms with Gasteiger partial charge in [-0.1, -0.05) is 24.8 Å². The molecular formula is C14H16F4N2. The fourth-order valence-corrected chi connectivity index (χ4v) is 1.68. The topological polar surface area (TPSA) is 29.3 Å². The van der Waals surface area contributed by atoms with Crippen LogP contribution in [0.1, 0.15) is 18.1 Å². The highest BCUT2D eigenvalue weighted by Gasteiger charge is 2.30. The summed E-state index contributed by atoms with van der Waals surface area (Å²) in [5, 5.41) is 0. The molecule has 0 unspecified atom stereocenters. The maximum atomic E-state index is 13.8. The summed E-state index contributed by atoms with van der Waals surface area (Å²) < 4.78 is 50.8. The highest BCUT2D eigenvalue weighted by Crippen LogP contribution is 2.19. The molecule has 110 valence electrons. The maximum Gasteiger partial charge on any atom is 0.401 e. The van der Waals surface area contributed by atoms with Gasteiger partial charge in [-0.15, -0.1) is 0 Å². The van der Waals surface area contributed by atoms with Gasteiger partial charge >= 0.3 is 6.18 Å². The summed E-state index contributed by atoms with van der Waals surface area (Å²) >= 11 is 0. The Morgan fingerprint density at radius 2 is 2.00 bits per heavy atom. The van der Waals surface area contributed by atoms with E-state index in [0.29, 0.717) is 5.56 Å².